The molecular weight excluding hydrogens is 523 g/mol. The Bertz CT molecular complexity index is 830. The van der Waals surface area contributed by atoms with Gasteiger partial charge in [0.1, 0.15) is 5.82 Å². The van der Waals surface area contributed by atoms with Gasteiger partial charge in [-0.05, 0) is 12.1 Å². The molecule has 2 atom stereocenters. The Hall–Kier alpha value is -2.86. The summed E-state index contributed by atoms with van der Waals surface area (Å²) in [6.45, 7) is 4.33. The van der Waals surface area contributed by atoms with E-state index in [-0.39, 0.29) is 12.1 Å². The molecule has 1 aromatic rings. The van der Waals surface area contributed by atoms with E-state index in [1.165, 1.54) is 6.07 Å². The zero-order valence-corrected chi connectivity index (χ0v) is 18.0. The molecule has 0 aliphatic carbocycles. The molecule has 0 bridgehead atoms. The number of pyridine rings is 1. The third-order valence-corrected chi connectivity index (χ3v) is 4.82. The van der Waals surface area contributed by atoms with Gasteiger partial charge in [-0.15, -0.1) is 0 Å². The van der Waals surface area contributed by atoms with E-state index in [9.17, 15) is 44.6 Å². The molecule has 4 N–H and O–H groups in total. The molecule has 206 valence electrons. The fourth-order valence-corrected chi connectivity index (χ4v) is 3.05. The number of hydrogen-bond acceptors (Lipinski definition) is 7. The number of aromatic nitrogens is 1. The molecule has 2 aliphatic rings. The molecule has 0 amide bonds. The number of piperazine rings is 1. The molecule has 3 heterocycles. The van der Waals surface area contributed by atoms with Crippen LogP contribution in [0.1, 0.15) is 5.56 Å². The van der Waals surface area contributed by atoms with Crippen LogP contribution in [0.25, 0.3) is 0 Å². The van der Waals surface area contributed by atoms with E-state index in [1.54, 1.807) is 0 Å². The summed E-state index contributed by atoms with van der Waals surface area (Å²) in [6, 6.07) is 2.62. The van der Waals surface area contributed by atoms with Crippen molar-refractivity contribution in [2.24, 2.45) is 0 Å². The summed E-state index contributed by atoms with van der Waals surface area (Å²) in [5.74, 6) is -4.95. The molecule has 0 unspecified atom stereocenters. The zero-order chi connectivity index (χ0) is 27.9. The zero-order valence-electron chi connectivity index (χ0n) is 18.0. The Morgan fingerprint density at radius 3 is 1.64 bits per heavy atom. The van der Waals surface area contributed by atoms with Gasteiger partial charge in [-0.3, -0.25) is 4.90 Å². The monoisotopic (exact) mass is 544 g/mol. The highest BCUT2D eigenvalue weighted by Gasteiger charge is 2.39. The first-order chi connectivity index (χ1) is 16.3. The van der Waals surface area contributed by atoms with Gasteiger partial charge in [-0.1, -0.05) is 0 Å². The molecule has 3 rings (SSSR count). The standard InChI is InChI=1S/C14H19F3N4O.2C2HF3O2/c15-14(16,17)10-1-2-13(19-7-10)21-5-3-20(4-6-21)11-8-18-9-12(11)22;2*3-2(4,5)1(6)7/h1-2,7,11-12,18,22H,3-6,8-9H2;2*(H,6,7)/t11-,12-;;/m0../s1. The van der Waals surface area contributed by atoms with Gasteiger partial charge in [0.05, 0.1) is 11.7 Å². The molecule has 0 radical (unpaired) electrons. The number of nitrogens with zero attached hydrogens (tertiary/aromatic N) is 3. The number of anilines is 1. The smallest absolute Gasteiger partial charge is 0.475 e. The van der Waals surface area contributed by atoms with Crippen molar-refractivity contribution < 1.29 is 64.4 Å². The third-order valence-electron chi connectivity index (χ3n) is 4.82. The first kappa shape index (κ1) is 31.2. The number of aliphatic carboxylic acids is 2. The molecule has 1 aromatic heterocycles. The number of hydrogen-bond donors (Lipinski definition) is 4. The van der Waals surface area contributed by atoms with E-state index in [2.05, 4.69) is 15.2 Å². The van der Waals surface area contributed by atoms with E-state index >= 15 is 0 Å². The number of carboxylic acids is 2. The van der Waals surface area contributed by atoms with Gasteiger partial charge in [-0.25, -0.2) is 14.6 Å². The predicted molar refractivity (Wildman–Crippen MR) is 103 cm³/mol. The molecule has 2 fully saturated rings. The molecule has 0 aromatic carbocycles. The van der Waals surface area contributed by atoms with Crippen LogP contribution in [0, 0.1) is 0 Å². The highest BCUT2D eigenvalue weighted by Crippen LogP contribution is 2.29. The molecule has 9 nitrogen and oxygen atoms in total. The van der Waals surface area contributed by atoms with Crippen LogP contribution in [0.2, 0.25) is 0 Å². The van der Waals surface area contributed by atoms with Crippen molar-refractivity contribution in [3.8, 4) is 0 Å². The number of aliphatic hydroxyl groups excluding tert-OH is 1. The van der Waals surface area contributed by atoms with Crippen LogP contribution in [0.15, 0.2) is 18.3 Å². The van der Waals surface area contributed by atoms with Crippen molar-refractivity contribution in [1.29, 1.82) is 0 Å². The average Bonchev–Trinajstić information content (AvgIpc) is 3.19. The second kappa shape index (κ2) is 12.4. The first-order valence-electron chi connectivity index (χ1n) is 9.85. The van der Waals surface area contributed by atoms with Gasteiger partial charge in [0.2, 0.25) is 0 Å². The normalized spacial score (nSPS) is 21.1. The minimum atomic E-state index is -5.08. The second-order valence-corrected chi connectivity index (χ2v) is 7.32. The highest BCUT2D eigenvalue weighted by molar-refractivity contribution is 5.73. The van der Waals surface area contributed by atoms with Gasteiger partial charge in [0.25, 0.3) is 0 Å². The summed E-state index contributed by atoms with van der Waals surface area (Å²) >= 11 is 0. The van der Waals surface area contributed by atoms with E-state index in [1.807, 2.05) is 4.90 Å². The summed E-state index contributed by atoms with van der Waals surface area (Å²) in [7, 11) is 0. The number of halogens is 9. The van der Waals surface area contributed by atoms with Crippen molar-refractivity contribution in [1.82, 2.24) is 15.2 Å². The van der Waals surface area contributed by atoms with Gasteiger partial charge in [-0.2, -0.15) is 39.5 Å². The lowest BCUT2D eigenvalue weighted by atomic mass is 10.1. The number of carbonyl (C=O) groups is 2. The lowest BCUT2D eigenvalue weighted by Crippen LogP contribution is -2.53. The average molecular weight is 544 g/mol. The maximum Gasteiger partial charge on any atom is 0.490 e. The highest BCUT2D eigenvalue weighted by atomic mass is 19.4. The van der Waals surface area contributed by atoms with E-state index in [4.69, 9.17) is 19.8 Å². The number of alkyl halides is 9. The van der Waals surface area contributed by atoms with Crippen LogP contribution in [0.4, 0.5) is 45.3 Å². The molecular formula is C18H21F9N4O5. The topological polar surface area (TPSA) is 126 Å². The molecule has 18 heteroatoms. The molecule has 0 spiro atoms. The lowest BCUT2D eigenvalue weighted by Gasteiger charge is -2.39. The Morgan fingerprint density at radius 2 is 1.33 bits per heavy atom. The fourth-order valence-electron chi connectivity index (χ4n) is 3.05. The van der Waals surface area contributed by atoms with Gasteiger partial charge in [0.15, 0.2) is 0 Å². The summed E-state index contributed by atoms with van der Waals surface area (Å²) in [4.78, 5) is 25.9. The molecule has 2 saturated heterocycles. The Balaban J connectivity index is 0.000000383. The van der Waals surface area contributed by atoms with Crippen molar-refractivity contribution >= 4 is 17.8 Å². The summed E-state index contributed by atoms with van der Waals surface area (Å²) in [5.41, 5.74) is -0.727. The van der Waals surface area contributed by atoms with Crippen LogP contribution in [-0.4, -0.2) is 101 Å². The minimum absolute atomic E-state index is 0.128. The number of nitrogens with one attached hydrogen (secondary N) is 1. The van der Waals surface area contributed by atoms with Crippen molar-refractivity contribution in [2.75, 3.05) is 44.2 Å². The van der Waals surface area contributed by atoms with Gasteiger partial charge >= 0.3 is 30.5 Å². The molecule has 2 aliphatic heterocycles. The molecule has 0 saturated carbocycles. The van der Waals surface area contributed by atoms with E-state index in [0.717, 1.165) is 31.9 Å². The Kier molecular flexibility index (Phi) is 10.7. The number of carboxylic acid groups (broad SMARTS) is 2. The number of β-amino-alcohol motifs (C(OH)–C–C–N with tert-alkyl or cyclic N) is 1. The van der Waals surface area contributed by atoms with Crippen LogP contribution in [-0.2, 0) is 15.8 Å². The maximum absolute atomic E-state index is 12.5. The SMILES string of the molecule is O=C(O)C(F)(F)F.O=C(O)C(F)(F)F.O[C@H]1CNC[C@@H]1N1CCN(c2ccc(C(F)(F)F)cn2)CC1. The molecule has 36 heavy (non-hydrogen) atoms. The largest absolute Gasteiger partial charge is 0.490 e. The number of aliphatic hydroxyl groups is 1. The van der Waals surface area contributed by atoms with Crippen LogP contribution < -0.4 is 10.2 Å². The Labute approximate surface area is 197 Å². The predicted octanol–water partition coefficient (Wildman–Crippen LogP) is 1.82. The van der Waals surface area contributed by atoms with Gasteiger partial charge in [0, 0.05) is 51.5 Å². The number of rotatable bonds is 2. The van der Waals surface area contributed by atoms with Crippen LogP contribution >= 0.6 is 0 Å². The third kappa shape index (κ3) is 10.0. The van der Waals surface area contributed by atoms with Crippen LogP contribution in [0.3, 0.4) is 0 Å². The fraction of sp³-hybridized carbons (Fsp3) is 0.611. The van der Waals surface area contributed by atoms with E-state index in [0.29, 0.717) is 25.5 Å². The van der Waals surface area contributed by atoms with Crippen molar-refractivity contribution in [3.63, 3.8) is 0 Å². The second-order valence-electron chi connectivity index (χ2n) is 7.32. The maximum atomic E-state index is 12.5. The van der Waals surface area contributed by atoms with Crippen molar-refractivity contribution in [2.45, 2.75) is 30.7 Å². The summed E-state index contributed by atoms with van der Waals surface area (Å²) in [6.07, 6.45) is -14.0. The first-order valence-corrected chi connectivity index (χ1v) is 9.85. The van der Waals surface area contributed by atoms with E-state index < -0.39 is 36.0 Å². The Morgan fingerprint density at radius 1 is 0.861 bits per heavy atom. The minimum Gasteiger partial charge on any atom is -0.475 e. The van der Waals surface area contributed by atoms with Crippen molar-refractivity contribution in [3.05, 3.63) is 23.9 Å². The summed E-state index contributed by atoms with van der Waals surface area (Å²) in [5, 5.41) is 27.3. The summed E-state index contributed by atoms with van der Waals surface area (Å²) < 4.78 is 101. The quantitative estimate of drug-likeness (QED) is 0.413. The van der Waals surface area contributed by atoms with Gasteiger partial charge < -0.3 is 25.5 Å². The van der Waals surface area contributed by atoms with Crippen LogP contribution in [0.5, 0.6) is 0 Å². The lowest BCUT2D eigenvalue weighted by molar-refractivity contribution is -0.193.